The van der Waals surface area contributed by atoms with Crippen molar-refractivity contribution >= 4 is 11.8 Å². The Morgan fingerprint density at radius 3 is 2.17 bits per heavy atom. The van der Waals surface area contributed by atoms with Gasteiger partial charge in [-0.1, -0.05) is 5.92 Å². The highest BCUT2D eigenvalue weighted by molar-refractivity contribution is 5.88. The maximum atomic E-state index is 10.7. The largest absolute Gasteiger partial charge is 0.370 e. The van der Waals surface area contributed by atoms with E-state index in [1.807, 2.05) is 5.92 Å². The molecule has 0 aromatic heterocycles. The smallest absolute Gasteiger partial charge is 0.249 e. The highest BCUT2D eigenvalue weighted by atomic mass is 16.2. The van der Waals surface area contributed by atoms with Gasteiger partial charge in [0.2, 0.25) is 11.8 Å². The second-order valence-corrected chi connectivity index (χ2v) is 2.45. The third-order valence-electron chi connectivity index (χ3n) is 1.46. The normalized spacial score (nSPS) is 14.3. The van der Waals surface area contributed by atoms with Crippen molar-refractivity contribution in [2.75, 3.05) is 0 Å². The van der Waals surface area contributed by atoms with E-state index in [0.717, 1.165) is 0 Å². The summed E-state index contributed by atoms with van der Waals surface area (Å²) in [6.45, 7) is 0. The lowest BCUT2D eigenvalue weighted by Gasteiger charge is -2.17. The standard InChI is InChI=1S/C7H11N3O2/c1-2-7(10,6(9)12)4-3-5(8)11/h1H,3-4,10H2,(H2,8,11)(H2,9,12). The Labute approximate surface area is 70.3 Å². The molecule has 0 rings (SSSR count). The molecule has 2 amide bonds. The minimum Gasteiger partial charge on any atom is -0.370 e. The van der Waals surface area contributed by atoms with Gasteiger partial charge in [0.25, 0.3) is 0 Å². The fourth-order valence-electron chi connectivity index (χ4n) is 0.587. The van der Waals surface area contributed by atoms with Crippen molar-refractivity contribution in [3.63, 3.8) is 0 Å². The fourth-order valence-corrected chi connectivity index (χ4v) is 0.587. The van der Waals surface area contributed by atoms with Crippen LogP contribution in [0.15, 0.2) is 0 Å². The molecule has 5 nitrogen and oxygen atoms in total. The molecule has 0 aromatic carbocycles. The summed E-state index contributed by atoms with van der Waals surface area (Å²) < 4.78 is 0. The molecule has 5 heteroatoms. The Bertz CT molecular complexity index is 244. The first-order chi connectivity index (χ1) is 5.42. The summed E-state index contributed by atoms with van der Waals surface area (Å²) in [7, 11) is 0. The van der Waals surface area contributed by atoms with Gasteiger partial charge in [-0.3, -0.25) is 9.59 Å². The van der Waals surface area contributed by atoms with E-state index in [0.29, 0.717) is 0 Å². The van der Waals surface area contributed by atoms with Crippen LogP contribution in [0.3, 0.4) is 0 Å². The van der Waals surface area contributed by atoms with Gasteiger partial charge in [-0.2, -0.15) is 0 Å². The minimum atomic E-state index is -1.56. The van der Waals surface area contributed by atoms with Gasteiger partial charge in [0.1, 0.15) is 0 Å². The Balaban J connectivity index is 4.28. The molecule has 66 valence electrons. The van der Waals surface area contributed by atoms with Crippen molar-refractivity contribution < 1.29 is 9.59 Å². The molecular weight excluding hydrogens is 158 g/mol. The lowest BCUT2D eigenvalue weighted by atomic mass is 9.95. The van der Waals surface area contributed by atoms with Crippen molar-refractivity contribution in [3.8, 4) is 12.3 Å². The molecule has 12 heavy (non-hydrogen) atoms. The monoisotopic (exact) mass is 169 g/mol. The van der Waals surface area contributed by atoms with E-state index in [-0.39, 0.29) is 12.8 Å². The lowest BCUT2D eigenvalue weighted by molar-refractivity contribution is -0.122. The Morgan fingerprint density at radius 1 is 1.42 bits per heavy atom. The molecule has 0 aliphatic carbocycles. The number of rotatable bonds is 4. The van der Waals surface area contributed by atoms with E-state index >= 15 is 0 Å². The Morgan fingerprint density at radius 2 is 1.92 bits per heavy atom. The Kier molecular flexibility index (Phi) is 3.26. The summed E-state index contributed by atoms with van der Waals surface area (Å²) >= 11 is 0. The predicted octanol–water partition coefficient (Wildman–Crippen LogP) is -1.93. The summed E-state index contributed by atoms with van der Waals surface area (Å²) in [6.07, 6.45) is 4.89. The molecular formula is C7H11N3O2. The number of carbonyl (C=O) groups is 2. The number of primary amides is 2. The van der Waals surface area contributed by atoms with Gasteiger partial charge < -0.3 is 17.2 Å². The zero-order valence-corrected chi connectivity index (χ0v) is 6.54. The second kappa shape index (κ2) is 3.74. The van der Waals surface area contributed by atoms with Crippen LogP contribution < -0.4 is 17.2 Å². The molecule has 0 heterocycles. The second-order valence-electron chi connectivity index (χ2n) is 2.45. The number of hydrogen-bond donors (Lipinski definition) is 3. The van der Waals surface area contributed by atoms with E-state index in [4.69, 9.17) is 23.6 Å². The number of hydrogen-bond acceptors (Lipinski definition) is 3. The highest BCUT2D eigenvalue weighted by Crippen LogP contribution is 2.06. The third-order valence-corrected chi connectivity index (χ3v) is 1.46. The summed E-state index contributed by atoms with van der Waals surface area (Å²) in [5, 5.41) is 0. The molecule has 0 radical (unpaired) electrons. The summed E-state index contributed by atoms with van der Waals surface area (Å²) in [6, 6.07) is 0. The molecule has 0 aromatic rings. The van der Waals surface area contributed by atoms with Gasteiger partial charge >= 0.3 is 0 Å². The van der Waals surface area contributed by atoms with Gasteiger partial charge in [-0.15, -0.1) is 6.42 Å². The fraction of sp³-hybridized carbons (Fsp3) is 0.429. The van der Waals surface area contributed by atoms with Gasteiger partial charge in [-0.05, 0) is 6.42 Å². The van der Waals surface area contributed by atoms with Crippen LogP contribution in [0, 0.1) is 12.3 Å². The zero-order chi connectivity index (χ0) is 9.78. The van der Waals surface area contributed by atoms with Crippen LogP contribution in [0.1, 0.15) is 12.8 Å². The van der Waals surface area contributed by atoms with Crippen molar-refractivity contribution in [1.29, 1.82) is 0 Å². The molecule has 0 aliphatic heterocycles. The maximum absolute atomic E-state index is 10.7. The van der Waals surface area contributed by atoms with Crippen LogP contribution in [0.2, 0.25) is 0 Å². The van der Waals surface area contributed by atoms with Crippen LogP contribution in [0.5, 0.6) is 0 Å². The SMILES string of the molecule is C#CC(N)(CCC(N)=O)C(N)=O. The van der Waals surface area contributed by atoms with Crippen LogP contribution in [-0.4, -0.2) is 17.4 Å². The van der Waals surface area contributed by atoms with Crippen LogP contribution in [0.25, 0.3) is 0 Å². The molecule has 0 saturated heterocycles. The van der Waals surface area contributed by atoms with E-state index in [9.17, 15) is 9.59 Å². The average Bonchev–Trinajstić information content (AvgIpc) is 1.99. The zero-order valence-electron chi connectivity index (χ0n) is 6.54. The number of carbonyl (C=O) groups excluding carboxylic acids is 2. The average molecular weight is 169 g/mol. The molecule has 0 aliphatic rings. The van der Waals surface area contributed by atoms with Crippen LogP contribution >= 0.6 is 0 Å². The first-order valence-corrected chi connectivity index (χ1v) is 3.27. The maximum Gasteiger partial charge on any atom is 0.249 e. The van der Waals surface area contributed by atoms with E-state index < -0.39 is 17.4 Å². The Hall–Kier alpha value is -1.54. The van der Waals surface area contributed by atoms with Crippen molar-refractivity contribution in [3.05, 3.63) is 0 Å². The predicted molar refractivity (Wildman–Crippen MR) is 43.4 cm³/mol. The molecule has 0 spiro atoms. The van der Waals surface area contributed by atoms with Crippen LogP contribution in [0.4, 0.5) is 0 Å². The van der Waals surface area contributed by atoms with Gasteiger partial charge in [0, 0.05) is 6.42 Å². The van der Waals surface area contributed by atoms with Crippen molar-refractivity contribution in [2.24, 2.45) is 17.2 Å². The van der Waals surface area contributed by atoms with E-state index in [2.05, 4.69) is 0 Å². The lowest BCUT2D eigenvalue weighted by Crippen LogP contribution is -2.51. The van der Waals surface area contributed by atoms with Gasteiger partial charge in [-0.25, -0.2) is 0 Å². The van der Waals surface area contributed by atoms with E-state index in [1.165, 1.54) is 0 Å². The number of amides is 2. The van der Waals surface area contributed by atoms with Gasteiger partial charge in [0.15, 0.2) is 5.54 Å². The molecule has 1 unspecified atom stereocenters. The molecule has 0 bridgehead atoms. The molecule has 1 atom stereocenters. The van der Waals surface area contributed by atoms with Crippen LogP contribution in [-0.2, 0) is 9.59 Å². The number of nitrogens with two attached hydrogens (primary N) is 3. The summed E-state index contributed by atoms with van der Waals surface area (Å²) in [5.41, 5.74) is 13.6. The molecule has 0 fully saturated rings. The molecule has 6 N–H and O–H groups in total. The third kappa shape index (κ3) is 2.60. The first kappa shape index (κ1) is 10.5. The number of terminal acetylenes is 1. The van der Waals surface area contributed by atoms with Crippen molar-refractivity contribution in [2.45, 2.75) is 18.4 Å². The summed E-state index contributed by atoms with van der Waals surface area (Å²) in [4.78, 5) is 21.0. The van der Waals surface area contributed by atoms with E-state index in [1.54, 1.807) is 0 Å². The van der Waals surface area contributed by atoms with Crippen molar-refractivity contribution in [1.82, 2.24) is 0 Å². The highest BCUT2D eigenvalue weighted by Gasteiger charge is 2.29. The minimum absolute atomic E-state index is 0.0197. The molecule has 0 saturated carbocycles. The van der Waals surface area contributed by atoms with Gasteiger partial charge in [0.05, 0.1) is 0 Å². The topological polar surface area (TPSA) is 112 Å². The first-order valence-electron chi connectivity index (χ1n) is 3.27. The quantitative estimate of drug-likeness (QED) is 0.426. The summed E-state index contributed by atoms with van der Waals surface area (Å²) in [5.74, 6) is 0.633.